The fourth-order valence-corrected chi connectivity index (χ4v) is 2.32. The monoisotopic (exact) mass is 261 g/mol. The van der Waals surface area contributed by atoms with Crippen molar-refractivity contribution in [2.45, 2.75) is 19.4 Å². The van der Waals surface area contributed by atoms with Crippen molar-refractivity contribution >= 4 is 11.8 Å². The van der Waals surface area contributed by atoms with E-state index in [0.717, 1.165) is 5.56 Å². The molecule has 0 aromatic heterocycles. The molecule has 1 aromatic rings. The number of nitrogens with two attached hydrogens (primary N) is 1. The van der Waals surface area contributed by atoms with Gasteiger partial charge in [-0.15, -0.1) is 0 Å². The van der Waals surface area contributed by atoms with Gasteiger partial charge in [-0.3, -0.25) is 9.59 Å². The van der Waals surface area contributed by atoms with Gasteiger partial charge in [0.05, 0.1) is 0 Å². The highest BCUT2D eigenvalue weighted by atomic mass is 16.2. The summed E-state index contributed by atoms with van der Waals surface area (Å²) in [7, 11) is 0. The molecule has 1 unspecified atom stereocenters. The molecule has 1 aliphatic rings. The first-order valence-corrected chi connectivity index (χ1v) is 6.52. The molecule has 0 aliphatic carbocycles. The van der Waals surface area contributed by atoms with Crippen LogP contribution in [0, 0.1) is 0 Å². The van der Waals surface area contributed by atoms with Gasteiger partial charge in [-0.2, -0.15) is 0 Å². The number of rotatable bonds is 3. The number of hydrogen-bond donors (Lipinski definition) is 2. The highest BCUT2D eigenvalue weighted by Crippen LogP contribution is 2.15. The molecule has 0 spiro atoms. The molecule has 1 aromatic carbocycles. The highest BCUT2D eigenvalue weighted by Gasteiger charge is 2.30. The Labute approximate surface area is 112 Å². The molecule has 0 saturated carbocycles. The van der Waals surface area contributed by atoms with Crippen LogP contribution in [0.1, 0.15) is 22.8 Å². The van der Waals surface area contributed by atoms with Gasteiger partial charge in [0, 0.05) is 18.7 Å². The molecule has 102 valence electrons. The average Bonchev–Trinajstić information content (AvgIpc) is 2.42. The Kier molecular flexibility index (Phi) is 4.16. The number of nitrogens with zero attached hydrogens (tertiary/aromatic N) is 1. The minimum atomic E-state index is -0.424. The lowest BCUT2D eigenvalue weighted by atomic mass is 10.0. The second-order valence-corrected chi connectivity index (χ2v) is 4.66. The van der Waals surface area contributed by atoms with E-state index in [1.54, 1.807) is 17.9 Å². The summed E-state index contributed by atoms with van der Waals surface area (Å²) in [5.41, 5.74) is 7.15. The van der Waals surface area contributed by atoms with Crippen LogP contribution in [-0.2, 0) is 11.2 Å². The van der Waals surface area contributed by atoms with Gasteiger partial charge in [0.1, 0.15) is 6.04 Å². The van der Waals surface area contributed by atoms with E-state index in [1.165, 1.54) is 0 Å². The van der Waals surface area contributed by atoms with Gasteiger partial charge in [0.2, 0.25) is 5.91 Å². The van der Waals surface area contributed by atoms with Crippen LogP contribution in [0.25, 0.3) is 0 Å². The normalized spacial score (nSPS) is 19.2. The third kappa shape index (κ3) is 2.76. The molecular formula is C14H19N3O2. The number of hydrogen-bond acceptors (Lipinski definition) is 3. The maximum Gasteiger partial charge on any atom is 0.254 e. The van der Waals surface area contributed by atoms with Gasteiger partial charge >= 0.3 is 0 Å². The fourth-order valence-electron chi connectivity index (χ4n) is 2.32. The summed E-state index contributed by atoms with van der Waals surface area (Å²) in [4.78, 5) is 25.8. The van der Waals surface area contributed by atoms with E-state index in [4.69, 9.17) is 5.73 Å². The third-order valence-electron chi connectivity index (χ3n) is 3.42. The quantitative estimate of drug-likeness (QED) is 0.813. The van der Waals surface area contributed by atoms with Gasteiger partial charge in [0.25, 0.3) is 5.91 Å². The van der Waals surface area contributed by atoms with Crippen molar-refractivity contribution in [1.29, 1.82) is 0 Å². The number of carbonyl (C=O) groups is 2. The maximum atomic E-state index is 12.6. The lowest BCUT2D eigenvalue weighted by Crippen LogP contribution is -2.55. The number of carbonyl (C=O) groups excluding carboxylic acids is 2. The van der Waals surface area contributed by atoms with Crippen LogP contribution in [0.2, 0.25) is 0 Å². The molecule has 1 atom stereocenters. The molecule has 2 amide bonds. The summed E-state index contributed by atoms with van der Waals surface area (Å²) < 4.78 is 0. The molecule has 1 heterocycles. The molecule has 1 aliphatic heterocycles. The van der Waals surface area contributed by atoms with Gasteiger partial charge < -0.3 is 16.0 Å². The van der Waals surface area contributed by atoms with Gasteiger partial charge in [0.15, 0.2) is 0 Å². The Morgan fingerprint density at radius 3 is 2.95 bits per heavy atom. The van der Waals surface area contributed by atoms with E-state index in [-0.39, 0.29) is 11.8 Å². The fraction of sp³-hybridized carbons (Fsp3) is 0.429. The van der Waals surface area contributed by atoms with Crippen LogP contribution in [-0.4, -0.2) is 42.4 Å². The molecule has 5 heteroatoms. The summed E-state index contributed by atoms with van der Waals surface area (Å²) in [5.74, 6) is -0.192. The van der Waals surface area contributed by atoms with E-state index in [0.29, 0.717) is 31.6 Å². The van der Waals surface area contributed by atoms with Crippen molar-refractivity contribution in [3.63, 3.8) is 0 Å². The first kappa shape index (κ1) is 13.5. The molecule has 19 heavy (non-hydrogen) atoms. The molecule has 3 N–H and O–H groups in total. The largest absolute Gasteiger partial charge is 0.353 e. The van der Waals surface area contributed by atoms with Crippen LogP contribution < -0.4 is 11.1 Å². The number of benzene rings is 1. The Bertz CT molecular complexity index is 487. The van der Waals surface area contributed by atoms with Crippen LogP contribution in [0.3, 0.4) is 0 Å². The van der Waals surface area contributed by atoms with Gasteiger partial charge in [-0.1, -0.05) is 18.2 Å². The second-order valence-electron chi connectivity index (χ2n) is 4.66. The van der Waals surface area contributed by atoms with Crippen LogP contribution in [0.4, 0.5) is 0 Å². The van der Waals surface area contributed by atoms with E-state index in [2.05, 4.69) is 5.32 Å². The average molecular weight is 261 g/mol. The van der Waals surface area contributed by atoms with Crippen molar-refractivity contribution in [3.05, 3.63) is 35.4 Å². The zero-order valence-electron chi connectivity index (χ0n) is 11.1. The van der Waals surface area contributed by atoms with Crippen molar-refractivity contribution in [1.82, 2.24) is 10.2 Å². The Hall–Kier alpha value is -1.88. The highest BCUT2D eigenvalue weighted by molar-refractivity contribution is 5.99. The molecular weight excluding hydrogens is 242 g/mol. The van der Waals surface area contributed by atoms with Crippen LogP contribution >= 0.6 is 0 Å². The summed E-state index contributed by atoms with van der Waals surface area (Å²) in [6.07, 6.45) is 0.663. The molecule has 1 saturated heterocycles. The lowest BCUT2D eigenvalue weighted by Gasteiger charge is -2.33. The zero-order chi connectivity index (χ0) is 13.8. The first-order chi connectivity index (χ1) is 9.15. The van der Waals surface area contributed by atoms with E-state index in [1.807, 2.05) is 18.2 Å². The van der Waals surface area contributed by atoms with E-state index >= 15 is 0 Å². The second kappa shape index (κ2) is 5.84. The topological polar surface area (TPSA) is 75.4 Å². The Morgan fingerprint density at radius 1 is 1.47 bits per heavy atom. The van der Waals surface area contributed by atoms with Crippen LogP contribution in [0.15, 0.2) is 24.3 Å². The predicted molar refractivity (Wildman–Crippen MR) is 72.7 cm³/mol. The van der Waals surface area contributed by atoms with Crippen LogP contribution in [0.5, 0.6) is 0 Å². The van der Waals surface area contributed by atoms with Gasteiger partial charge in [-0.05, 0) is 31.5 Å². The maximum absolute atomic E-state index is 12.6. The minimum absolute atomic E-state index is 0.0913. The van der Waals surface area contributed by atoms with E-state index < -0.39 is 6.04 Å². The smallest absolute Gasteiger partial charge is 0.254 e. The van der Waals surface area contributed by atoms with Crippen molar-refractivity contribution in [2.75, 3.05) is 19.6 Å². The molecule has 0 bridgehead atoms. The van der Waals surface area contributed by atoms with E-state index in [9.17, 15) is 9.59 Å². The molecule has 0 radical (unpaired) electrons. The zero-order valence-corrected chi connectivity index (χ0v) is 11.1. The summed E-state index contributed by atoms with van der Waals surface area (Å²) in [6.45, 7) is 3.30. The first-order valence-electron chi connectivity index (χ1n) is 6.52. The number of amides is 2. The summed E-state index contributed by atoms with van der Waals surface area (Å²) in [5, 5.41) is 2.76. The standard InChI is InChI=1S/C14H19N3O2/c1-10-13(18)16-8-9-17(10)14(19)12-5-3-2-4-11(12)6-7-15/h2-5,10H,6-9,15H2,1H3,(H,16,18). The number of nitrogens with one attached hydrogen (secondary N) is 1. The molecule has 5 nitrogen and oxygen atoms in total. The Balaban J connectivity index is 2.26. The van der Waals surface area contributed by atoms with Crippen molar-refractivity contribution in [3.8, 4) is 0 Å². The van der Waals surface area contributed by atoms with Crippen molar-refractivity contribution in [2.24, 2.45) is 5.73 Å². The van der Waals surface area contributed by atoms with Crippen molar-refractivity contribution < 1.29 is 9.59 Å². The molecule has 1 fully saturated rings. The number of piperazine rings is 1. The lowest BCUT2D eigenvalue weighted by molar-refractivity contribution is -0.127. The van der Waals surface area contributed by atoms with Gasteiger partial charge in [-0.25, -0.2) is 0 Å². The Morgan fingerprint density at radius 2 is 2.21 bits per heavy atom. The summed E-state index contributed by atoms with van der Waals surface area (Å²) in [6, 6.07) is 7.02. The molecule has 2 rings (SSSR count). The predicted octanol–water partition coefficient (Wildman–Crippen LogP) is 0.148. The summed E-state index contributed by atoms with van der Waals surface area (Å²) >= 11 is 0. The third-order valence-corrected chi connectivity index (χ3v) is 3.42. The SMILES string of the molecule is CC1C(=O)NCCN1C(=O)c1ccccc1CCN. The minimum Gasteiger partial charge on any atom is -0.353 e.